The van der Waals surface area contributed by atoms with Crippen LogP contribution in [0.3, 0.4) is 0 Å². The Morgan fingerprint density at radius 2 is 1.48 bits per heavy atom. The highest BCUT2D eigenvalue weighted by molar-refractivity contribution is 5.87. The maximum absolute atomic E-state index is 11.6. The lowest BCUT2D eigenvalue weighted by atomic mass is 10.0. The van der Waals surface area contributed by atoms with Crippen molar-refractivity contribution in [3.8, 4) is 16.9 Å². The summed E-state index contributed by atoms with van der Waals surface area (Å²) in [5.74, 6) is 0.0341. The number of hydrogen-bond acceptors (Lipinski definition) is 4. The molecule has 0 aliphatic rings. The third kappa shape index (κ3) is 5.27. The van der Waals surface area contributed by atoms with Crippen molar-refractivity contribution >= 4 is 12.0 Å². The molecule has 120 valence electrons. The minimum atomic E-state index is -0.490. The average Bonchev–Trinajstić information content (AvgIpc) is 2.52. The summed E-state index contributed by atoms with van der Waals surface area (Å²) in [6, 6.07) is 14.9. The summed E-state index contributed by atoms with van der Waals surface area (Å²) >= 11 is 0. The standard InChI is InChI=1S/C19H20O4/c1-19(2,3)22-18(20)13-6-14-4-7-15(8-5-14)16-9-11-17(23-21)12-10-16/h4-13,21H,1-3H3/b13-6+. The Labute approximate surface area is 135 Å². The van der Waals surface area contributed by atoms with Crippen LogP contribution in [0.5, 0.6) is 5.75 Å². The van der Waals surface area contributed by atoms with Gasteiger partial charge >= 0.3 is 5.97 Å². The van der Waals surface area contributed by atoms with Gasteiger partial charge in [-0.3, -0.25) is 0 Å². The van der Waals surface area contributed by atoms with Crippen LogP contribution >= 0.6 is 0 Å². The van der Waals surface area contributed by atoms with Crippen LogP contribution in [-0.2, 0) is 9.53 Å². The predicted octanol–water partition coefficient (Wildman–Crippen LogP) is 4.56. The zero-order chi connectivity index (χ0) is 16.9. The van der Waals surface area contributed by atoms with E-state index in [9.17, 15) is 4.79 Å². The quantitative estimate of drug-likeness (QED) is 0.389. The molecule has 0 aliphatic heterocycles. The SMILES string of the molecule is CC(C)(C)OC(=O)/C=C/c1ccc(-c2ccc(OO)cc2)cc1. The highest BCUT2D eigenvalue weighted by atomic mass is 17.1. The third-order valence-electron chi connectivity index (χ3n) is 3.02. The Balaban J connectivity index is 2.05. The van der Waals surface area contributed by atoms with E-state index in [1.807, 2.05) is 57.2 Å². The molecule has 4 nitrogen and oxygen atoms in total. The van der Waals surface area contributed by atoms with E-state index in [-0.39, 0.29) is 5.97 Å². The number of ether oxygens (including phenoxy) is 1. The van der Waals surface area contributed by atoms with Crippen molar-refractivity contribution in [1.29, 1.82) is 0 Å². The number of rotatable bonds is 4. The van der Waals surface area contributed by atoms with E-state index in [0.29, 0.717) is 5.75 Å². The lowest BCUT2D eigenvalue weighted by Crippen LogP contribution is -2.22. The van der Waals surface area contributed by atoms with Crippen LogP contribution in [-0.4, -0.2) is 16.8 Å². The molecule has 1 N–H and O–H groups in total. The van der Waals surface area contributed by atoms with Gasteiger partial charge in [0.15, 0.2) is 5.75 Å². The summed E-state index contributed by atoms with van der Waals surface area (Å²) in [5, 5.41) is 8.56. The molecule has 0 aliphatic carbocycles. The zero-order valence-corrected chi connectivity index (χ0v) is 13.4. The van der Waals surface area contributed by atoms with Gasteiger partial charge in [0.2, 0.25) is 0 Å². The van der Waals surface area contributed by atoms with Gasteiger partial charge in [0, 0.05) is 6.08 Å². The second-order valence-electron chi connectivity index (χ2n) is 6.10. The van der Waals surface area contributed by atoms with Gasteiger partial charge in [0.05, 0.1) is 0 Å². The van der Waals surface area contributed by atoms with Gasteiger partial charge in [-0.25, -0.2) is 10.1 Å². The van der Waals surface area contributed by atoms with Crippen LogP contribution in [0.2, 0.25) is 0 Å². The average molecular weight is 312 g/mol. The van der Waals surface area contributed by atoms with Crippen molar-refractivity contribution in [2.24, 2.45) is 0 Å². The van der Waals surface area contributed by atoms with Gasteiger partial charge in [-0.05, 0) is 55.7 Å². The van der Waals surface area contributed by atoms with Gasteiger partial charge in [0.25, 0.3) is 0 Å². The fraction of sp³-hybridized carbons (Fsp3) is 0.211. The number of carbonyl (C=O) groups is 1. The largest absolute Gasteiger partial charge is 0.457 e. The summed E-state index contributed by atoms with van der Waals surface area (Å²) in [6.07, 6.45) is 3.15. The molecule has 2 aromatic rings. The first-order valence-electron chi connectivity index (χ1n) is 7.30. The molecule has 2 rings (SSSR count). The van der Waals surface area contributed by atoms with E-state index < -0.39 is 5.60 Å². The van der Waals surface area contributed by atoms with Crippen LogP contribution < -0.4 is 4.89 Å². The third-order valence-corrected chi connectivity index (χ3v) is 3.02. The van der Waals surface area contributed by atoms with Gasteiger partial charge in [-0.2, -0.15) is 0 Å². The summed E-state index contributed by atoms with van der Waals surface area (Å²) in [4.78, 5) is 15.8. The molecule has 0 radical (unpaired) electrons. The highest BCUT2D eigenvalue weighted by Gasteiger charge is 2.13. The van der Waals surface area contributed by atoms with Crippen LogP contribution in [0, 0.1) is 0 Å². The molecular formula is C19H20O4. The van der Waals surface area contributed by atoms with E-state index in [1.165, 1.54) is 6.08 Å². The first kappa shape index (κ1) is 16.8. The van der Waals surface area contributed by atoms with Crippen molar-refractivity contribution in [3.05, 3.63) is 60.2 Å². The molecule has 2 aromatic carbocycles. The Bertz CT molecular complexity index is 677. The Morgan fingerprint density at radius 3 is 1.96 bits per heavy atom. The molecule has 0 saturated heterocycles. The fourth-order valence-corrected chi connectivity index (χ4v) is 1.99. The summed E-state index contributed by atoms with van der Waals surface area (Å²) in [6.45, 7) is 5.50. The molecule has 0 unspecified atom stereocenters. The minimum Gasteiger partial charge on any atom is -0.457 e. The maximum atomic E-state index is 11.6. The van der Waals surface area contributed by atoms with E-state index in [2.05, 4.69) is 4.89 Å². The van der Waals surface area contributed by atoms with Crippen LogP contribution in [0.4, 0.5) is 0 Å². The summed E-state index contributed by atoms with van der Waals surface area (Å²) < 4.78 is 5.22. The number of benzene rings is 2. The molecule has 0 fully saturated rings. The first-order chi connectivity index (χ1) is 10.9. The molecule has 0 atom stereocenters. The number of hydrogen-bond donors (Lipinski definition) is 1. The molecule has 0 saturated carbocycles. The molecule has 0 heterocycles. The summed E-state index contributed by atoms with van der Waals surface area (Å²) in [7, 11) is 0. The van der Waals surface area contributed by atoms with Crippen LogP contribution in [0.15, 0.2) is 54.6 Å². The Hall–Kier alpha value is -2.59. The second-order valence-corrected chi connectivity index (χ2v) is 6.10. The molecule has 0 amide bonds. The van der Waals surface area contributed by atoms with Gasteiger partial charge < -0.3 is 9.62 Å². The molecular weight excluding hydrogens is 292 g/mol. The predicted molar refractivity (Wildman–Crippen MR) is 90.0 cm³/mol. The lowest BCUT2D eigenvalue weighted by molar-refractivity contribution is -0.148. The number of esters is 1. The Morgan fingerprint density at radius 1 is 0.957 bits per heavy atom. The van der Waals surface area contributed by atoms with Gasteiger partial charge in [0.1, 0.15) is 5.60 Å². The maximum Gasteiger partial charge on any atom is 0.331 e. The molecule has 0 aromatic heterocycles. The smallest absolute Gasteiger partial charge is 0.331 e. The van der Waals surface area contributed by atoms with Crippen molar-refractivity contribution in [1.82, 2.24) is 0 Å². The normalized spacial score (nSPS) is 11.5. The molecule has 0 bridgehead atoms. The molecule has 23 heavy (non-hydrogen) atoms. The van der Waals surface area contributed by atoms with E-state index in [4.69, 9.17) is 9.99 Å². The second kappa shape index (κ2) is 7.11. The van der Waals surface area contributed by atoms with E-state index in [1.54, 1.807) is 18.2 Å². The molecule has 0 spiro atoms. The van der Waals surface area contributed by atoms with Crippen LogP contribution in [0.25, 0.3) is 17.2 Å². The monoisotopic (exact) mass is 312 g/mol. The van der Waals surface area contributed by atoms with Crippen molar-refractivity contribution in [3.63, 3.8) is 0 Å². The summed E-state index contributed by atoms with van der Waals surface area (Å²) in [5.41, 5.74) is 2.46. The fourth-order valence-electron chi connectivity index (χ4n) is 1.99. The van der Waals surface area contributed by atoms with Gasteiger partial charge in [-0.1, -0.05) is 36.4 Å². The first-order valence-corrected chi connectivity index (χ1v) is 7.30. The minimum absolute atomic E-state index is 0.360. The Kier molecular flexibility index (Phi) is 5.19. The van der Waals surface area contributed by atoms with E-state index in [0.717, 1.165) is 16.7 Å². The van der Waals surface area contributed by atoms with Crippen molar-refractivity contribution in [2.75, 3.05) is 0 Å². The molecule has 4 heteroatoms. The van der Waals surface area contributed by atoms with Gasteiger partial charge in [-0.15, -0.1) is 0 Å². The topological polar surface area (TPSA) is 55.8 Å². The highest BCUT2D eigenvalue weighted by Crippen LogP contribution is 2.23. The van der Waals surface area contributed by atoms with Crippen LogP contribution in [0.1, 0.15) is 26.3 Å². The number of carbonyl (C=O) groups excluding carboxylic acids is 1. The van der Waals surface area contributed by atoms with Crippen molar-refractivity contribution < 1.29 is 19.7 Å². The zero-order valence-electron chi connectivity index (χ0n) is 13.4. The van der Waals surface area contributed by atoms with Crippen molar-refractivity contribution in [2.45, 2.75) is 26.4 Å². The van der Waals surface area contributed by atoms with E-state index >= 15 is 0 Å². The lowest BCUT2D eigenvalue weighted by Gasteiger charge is -2.17.